The summed E-state index contributed by atoms with van der Waals surface area (Å²) in [4.78, 5) is 11.7. The molecule has 2 heteroatoms. The Bertz CT molecular complexity index is 830. The fraction of sp³-hybridized carbons (Fsp3) is 0.348. The van der Waals surface area contributed by atoms with Gasteiger partial charge in [0.2, 0.25) is 0 Å². The van der Waals surface area contributed by atoms with Gasteiger partial charge in [0.25, 0.3) is 0 Å². The molecule has 0 radical (unpaired) electrons. The third-order valence-electron chi connectivity index (χ3n) is 5.66. The van der Waals surface area contributed by atoms with E-state index in [1.54, 1.807) is 11.1 Å². The Morgan fingerprint density at radius 3 is 2.44 bits per heavy atom. The minimum absolute atomic E-state index is 0.261. The molecule has 0 aliphatic heterocycles. The maximum Gasteiger partial charge on any atom is 0.338 e. The van der Waals surface area contributed by atoms with Crippen molar-refractivity contribution in [1.82, 2.24) is 0 Å². The standard InChI is InChI=1S/C23H24O2/c1-3-25-23(24)17-6-4-16(5-7-17)12-15(2)18-10-11-21-19-8-9-20(13-19)22(21)14-18/h4-7,10-12,14,19-20H,3,8-9,13H2,1-2H3/b15-12+. The van der Waals surface area contributed by atoms with Gasteiger partial charge in [0.15, 0.2) is 0 Å². The average molecular weight is 332 g/mol. The summed E-state index contributed by atoms with van der Waals surface area (Å²) in [6.07, 6.45) is 6.28. The van der Waals surface area contributed by atoms with Gasteiger partial charge >= 0.3 is 5.97 Å². The number of hydrogen-bond donors (Lipinski definition) is 0. The molecule has 0 N–H and O–H groups in total. The van der Waals surface area contributed by atoms with Crippen LogP contribution >= 0.6 is 0 Å². The summed E-state index contributed by atoms with van der Waals surface area (Å²) >= 11 is 0. The summed E-state index contributed by atoms with van der Waals surface area (Å²) in [5, 5.41) is 0. The monoisotopic (exact) mass is 332 g/mol. The number of carbonyl (C=O) groups is 1. The molecule has 2 aromatic carbocycles. The van der Waals surface area contributed by atoms with Gasteiger partial charge in [0, 0.05) is 0 Å². The number of benzene rings is 2. The Morgan fingerprint density at radius 2 is 1.72 bits per heavy atom. The summed E-state index contributed by atoms with van der Waals surface area (Å²) in [7, 11) is 0. The number of hydrogen-bond acceptors (Lipinski definition) is 2. The highest BCUT2D eigenvalue weighted by Crippen LogP contribution is 2.53. The van der Waals surface area contributed by atoms with Gasteiger partial charge in [-0.05, 0) is 84.9 Å². The second kappa shape index (κ2) is 6.51. The van der Waals surface area contributed by atoms with Crippen molar-refractivity contribution >= 4 is 17.6 Å². The van der Waals surface area contributed by atoms with E-state index in [1.807, 2.05) is 31.2 Å². The fourth-order valence-electron chi connectivity index (χ4n) is 4.36. The zero-order chi connectivity index (χ0) is 17.4. The third-order valence-corrected chi connectivity index (χ3v) is 5.66. The molecule has 4 rings (SSSR count). The minimum Gasteiger partial charge on any atom is -0.462 e. The summed E-state index contributed by atoms with van der Waals surface area (Å²) < 4.78 is 5.03. The highest BCUT2D eigenvalue weighted by molar-refractivity contribution is 5.90. The number of carbonyl (C=O) groups excluding carboxylic acids is 1. The molecule has 0 saturated heterocycles. The second-order valence-corrected chi connectivity index (χ2v) is 7.22. The Hall–Kier alpha value is -2.35. The molecular weight excluding hydrogens is 308 g/mol. The molecule has 0 spiro atoms. The number of rotatable bonds is 4. The molecule has 1 fully saturated rings. The first-order chi connectivity index (χ1) is 12.2. The zero-order valence-corrected chi connectivity index (χ0v) is 14.9. The zero-order valence-electron chi connectivity index (χ0n) is 14.9. The van der Waals surface area contributed by atoms with Crippen LogP contribution in [0.15, 0.2) is 42.5 Å². The first kappa shape index (κ1) is 16.1. The van der Waals surface area contributed by atoms with Crippen molar-refractivity contribution < 1.29 is 9.53 Å². The van der Waals surface area contributed by atoms with E-state index < -0.39 is 0 Å². The smallest absolute Gasteiger partial charge is 0.338 e. The van der Waals surface area contributed by atoms with Crippen molar-refractivity contribution in [3.8, 4) is 0 Å². The largest absolute Gasteiger partial charge is 0.462 e. The molecule has 25 heavy (non-hydrogen) atoms. The van der Waals surface area contributed by atoms with Crippen LogP contribution in [-0.2, 0) is 4.74 Å². The molecule has 2 unspecified atom stereocenters. The normalized spacial score (nSPS) is 21.3. The molecule has 2 nitrogen and oxygen atoms in total. The lowest BCUT2D eigenvalue weighted by molar-refractivity contribution is 0.0526. The van der Waals surface area contributed by atoms with E-state index in [2.05, 4.69) is 31.2 Å². The molecule has 0 aromatic heterocycles. The van der Waals surface area contributed by atoms with Crippen molar-refractivity contribution in [1.29, 1.82) is 0 Å². The fourth-order valence-corrected chi connectivity index (χ4v) is 4.36. The van der Waals surface area contributed by atoms with E-state index in [9.17, 15) is 4.79 Å². The van der Waals surface area contributed by atoms with E-state index in [0.717, 1.165) is 17.4 Å². The summed E-state index contributed by atoms with van der Waals surface area (Å²) in [6, 6.07) is 14.6. The SMILES string of the molecule is CCOC(=O)c1ccc(/C=C(\C)c2ccc3c(c2)C2CCC3C2)cc1. The maximum atomic E-state index is 11.7. The second-order valence-electron chi connectivity index (χ2n) is 7.22. The Labute approximate surface area is 149 Å². The molecule has 2 aliphatic rings. The van der Waals surface area contributed by atoms with E-state index in [4.69, 9.17) is 4.74 Å². The van der Waals surface area contributed by atoms with Crippen LogP contribution in [0.5, 0.6) is 0 Å². The molecular formula is C23H24O2. The highest BCUT2D eigenvalue weighted by atomic mass is 16.5. The Kier molecular flexibility index (Phi) is 4.20. The van der Waals surface area contributed by atoms with Crippen molar-refractivity contribution in [2.45, 2.75) is 44.9 Å². The predicted molar refractivity (Wildman–Crippen MR) is 102 cm³/mol. The number of fused-ring (bicyclic) bond motifs is 5. The summed E-state index contributed by atoms with van der Waals surface area (Å²) in [6.45, 7) is 4.38. The van der Waals surface area contributed by atoms with Gasteiger partial charge in [-0.3, -0.25) is 0 Å². The van der Waals surface area contributed by atoms with E-state index in [-0.39, 0.29) is 5.97 Å². The van der Waals surface area contributed by atoms with Crippen LogP contribution < -0.4 is 0 Å². The number of ether oxygens (including phenoxy) is 1. The van der Waals surface area contributed by atoms with Crippen molar-refractivity contribution in [3.05, 3.63) is 70.3 Å². The lowest BCUT2D eigenvalue weighted by Gasteiger charge is -2.16. The Balaban J connectivity index is 1.56. The quantitative estimate of drug-likeness (QED) is 0.523. The van der Waals surface area contributed by atoms with Crippen LogP contribution in [0.25, 0.3) is 11.6 Å². The molecule has 2 atom stereocenters. The van der Waals surface area contributed by atoms with Gasteiger partial charge in [-0.2, -0.15) is 0 Å². The van der Waals surface area contributed by atoms with Crippen LogP contribution in [0, 0.1) is 0 Å². The molecule has 2 aromatic rings. The number of allylic oxidation sites excluding steroid dienone is 1. The topological polar surface area (TPSA) is 26.3 Å². The first-order valence-corrected chi connectivity index (χ1v) is 9.25. The van der Waals surface area contributed by atoms with Gasteiger partial charge in [-0.1, -0.05) is 36.4 Å². The summed E-state index contributed by atoms with van der Waals surface area (Å²) in [5.74, 6) is 1.34. The maximum absolute atomic E-state index is 11.7. The van der Waals surface area contributed by atoms with E-state index >= 15 is 0 Å². The van der Waals surface area contributed by atoms with Gasteiger partial charge in [-0.25, -0.2) is 4.79 Å². The Morgan fingerprint density at radius 1 is 1.04 bits per heavy atom. The molecule has 0 heterocycles. The molecule has 2 aliphatic carbocycles. The van der Waals surface area contributed by atoms with Crippen molar-refractivity contribution in [2.75, 3.05) is 6.61 Å². The molecule has 2 bridgehead atoms. The lowest BCUT2D eigenvalue weighted by atomic mass is 9.89. The van der Waals surface area contributed by atoms with Crippen LogP contribution in [0.3, 0.4) is 0 Å². The molecule has 1 saturated carbocycles. The van der Waals surface area contributed by atoms with E-state index in [0.29, 0.717) is 12.2 Å². The third kappa shape index (κ3) is 3.02. The minimum atomic E-state index is -0.261. The van der Waals surface area contributed by atoms with Gasteiger partial charge < -0.3 is 4.74 Å². The van der Waals surface area contributed by atoms with Crippen LogP contribution in [0.2, 0.25) is 0 Å². The van der Waals surface area contributed by atoms with Gasteiger partial charge in [0.1, 0.15) is 0 Å². The first-order valence-electron chi connectivity index (χ1n) is 9.25. The highest BCUT2D eigenvalue weighted by Gasteiger charge is 2.36. The lowest BCUT2D eigenvalue weighted by Crippen LogP contribution is -2.04. The average Bonchev–Trinajstić information content (AvgIpc) is 3.24. The van der Waals surface area contributed by atoms with Gasteiger partial charge in [-0.15, -0.1) is 0 Å². The molecule has 128 valence electrons. The number of esters is 1. The van der Waals surface area contributed by atoms with Crippen molar-refractivity contribution in [3.63, 3.8) is 0 Å². The predicted octanol–water partition coefficient (Wildman–Crippen LogP) is 5.79. The van der Waals surface area contributed by atoms with Crippen LogP contribution in [0.1, 0.15) is 77.6 Å². The van der Waals surface area contributed by atoms with Crippen LogP contribution in [-0.4, -0.2) is 12.6 Å². The molecule has 0 amide bonds. The summed E-state index contributed by atoms with van der Waals surface area (Å²) in [5.41, 5.74) is 7.44. The van der Waals surface area contributed by atoms with Crippen LogP contribution in [0.4, 0.5) is 0 Å². The van der Waals surface area contributed by atoms with Crippen molar-refractivity contribution in [2.24, 2.45) is 0 Å². The van der Waals surface area contributed by atoms with Gasteiger partial charge in [0.05, 0.1) is 12.2 Å². The van der Waals surface area contributed by atoms with E-state index in [1.165, 1.54) is 30.4 Å².